The second-order valence-corrected chi connectivity index (χ2v) is 5.90. The lowest BCUT2D eigenvalue weighted by atomic mass is 10.2. The van der Waals surface area contributed by atoms with Gasteiger partial charge in [0.25, 0.3) is 0 Å². The molecular formula is C17H20N6. The Hall–Kier alpha value is -2.76. The summed E-state index contributed by atoms with van der Waals surface area (Å²) >= 11 is 0. The average molecular weight is 308 g/mol. The molecule has 0 spiro atoms. The van der Waals surface area contributed by atoms with Gasteiger partial charge >= 0.3 is 0 Å². The number of nitrogens with zero attached hydrogens (tertiary/aromatic N) is 3. The Morgan fingerprint density at radius 1 is 1.17 bits per heavy atom. The van der Waals surface area contributed by atoms with E-state index in [1.54, 1.807) is 6.20 Å². The first-order valence-corrected chi connectivity index (χ1v) is 7.97. The van der Waals surface area contributed by atoms with Gasteiger partial charge in [-0.25, -0.2) is 4.98 Å². The Labute approximate surface area is 134 Å². The molecule has 23 heavy (non-hydrogen) atoms. The van der Waals surface area contributed by atoms with E-state index in [1.165, 1.54) is 31.6 Å². The number of H-pyrrole nitrogens is 1. The Bertz CT molecular complexity index is 802. The number of hydrogen-bond donors (Lipinski definition) is 3. The molecule has 1 aromatic carbocycles. The maximum atomic E-state index is 5.60. The fourth-order valence-electron chi connectivity index (χ4n) is 3.08. The molecule has 1 saturated heterocycles. The molecule has 0 bridgehead atoms. The second kappa shape index (κ2) is 5.79. The van der Waals surface area contributed by atoms with E-state index in [2.05, 4.69) is 49.4 Å². The molecule has 1 aliphatic heterocycles. The van der Waals surface area contributed by atoms with Crippen LogP contribution in [0, 0.1) is 0 Å². The van der Waals surface area contributed by atoms with Crippen LogP contribution in [0.25, 0.3) is 11.0 Å². The summed E-state index contributed by atoms with van der Waals surface area (Å²) in [7, 11) is 0. The average Bonchev–Trinajstić information content (AvgIpc) is 3.23. The number of fused-ring (bicyclic) bond motifs is 1. The van der Waals surface area contributed by atoms with E-state index in [4.69, 9.17) is 5.73 Å². The highest BCUT2D eigenvalue weighted by Crippen LogP contribution is 2.23. The van der Waals surface area contributed by atoms with Crippen molar-refractivity contribution in [1.29, 1.82) is 0 Å². The van der Waals surface area contributed by atoms with Gasteiger partial charge in [-0.05, 0) is 42.7 Å². The third-order valence-corrected chi connectivity index (χ3v) is 4.36. The molecule has 0 amide bonds. The molecule has 6 heteroatoms. The summed E-state index contributed by atoms with van der Waals surface area (Å²) in [4.78, 5) is 13.8. The van der Waals surface area contributed by atoms with Crippen molar-refractivity contribution in [1.82, 2.24) is 15.0 Å². The zero-order valence-electron chi connectivity index (χ0n) is 12.9. The van der Waals surface area contributed by atoms with E-state index in [9.17, 15) is 0 Å². The molecule has 1 fully saturated rings. The summed E-state index contributed by atoms with van der Waals surface area (Å²) < 4.78 is 0. The Morgan fingerprint density at radius 2 is 1.96 bits per heavy atom. The third kappa shape index (κ3) is 2.79. The number of aromatic nitrogens is 3. The molecule has 0 radical (unpaired) electrons. The quantitative estimate of drug-likeness (QED) is 0.690. The second-order valence-electron chi connectivity index (χ2n) is 5.90. The van der Waals surface area contributed by atoms with Crippen LogP contribution in [-0.2, 0) is 6.54 Å². The summed E-state index contributed by atoms with van der Waals surface area (Å²) in [6.45, 7) is 3.06. The minimum Gasteiger partial charge on any atom is -0.381 e. The van der Waals surface area contributed by atoms with Crippen molar-refractivity contribution in [2.45, 2.75) is 19.4 Å². The van der Waals surface area contributed by atoms with Gasteiger partial charge in [0.15, 0.2) is 0 Å². The maximum Gasteiger partial charge on any atom is 0.221 e. The van der Waals surface area contributed by atoms with Crippen molar-refractivity contribution in [3.8, 4) is 0 Å². The van der Waals surface area contributed by atoms with Crippen LogP contribution in [0.15, 0.2) is 36.7 Å². The number of benzene rings is 1. The number of rotatable bonds is 4. The summed E-state index contributed by atoms with van der Waals surface area (Å²) in [5, 5.41) is 4.45. The molecule has 0 atom stereocenters. The van der Waals surface area contributed by atoms with Crippen LogP contribution in [0.2, 0.25) is 0 Å². The number of aromatic amines is 1. The first-order chi connectivity index (χ1) is 11.3. The Kier molecular flexibility index (Phi) is 3.49. The zero-order chi connectivity index (χ0) is 15.6. The monoisotopic (exact) mass is 308 g/mol. The summed E-state index contributed by atoms with van der Waals surface area (Å²) in [6, 6.07) is 8.65. The topological polar surface area (TPSA) is 82.9 Å². The molecule has 3 aromatic rings. The van der Waals surface area contributed by atoms with Crippen LogP contribution in [0.3, 0.4) is 0 Å². The highest BCUT2D eigenvalue weighted by atomic mass is 15.1. The highest BCUT2D eigenvalue weighted by molar-refractivity contribution is 5.79. The molecular weight excluding hydrogens is 288 g/mol. The van der Waals surface area contributed by atoms with Crippen molar-refractivity contribution in [3.63, 3.8) is 0 Å². The standard InChI is InChI=1S/C17H20N6/c18-17-21-11-15-12(10-20-16(15)22-17)9-19-13-3-5-14(6-4-13)23-7-1-2-8-23/h3-6,10-11,19H,1-2,7-9H2,(H3,18,20,21,22). The van der Waals surface area contributed by atoms with Crippen LogP contribution in [0.1, 0.15) is 18.4 Å². The smallest absolute Gasteiger partial charge is 0.221 e. The fraction of sp³-hybridized carbons (Fsp3) is 0.294. The van der Waals surface area contributed by atoms with Gasteiger partial charge in [0.05, 0.1) is 0 Å². The van der Waals surface area contributed by atoms with Gasteiger partial charge in [-0.1, -0.05) is 0 Å². The zero-order valence-corrected chi connectivity index (χ0v) is 12.9. The van der Waals surface area contributed by atoms with Crippen LogP contribution in [0.5, 0.6) is 0 Å². The first-order valence-electron chi connectivity index (χ1n) is 7.97. The van der Waals surface area contributed by atoms with Gasteiger partial charge in [-0.3, -0.25) is 0 Å². The van der Waals surface area contributed by atoms with Gasteiger partial charge in [0.1, 0.15) is 5.65 Å². The lowest BCUT2D eigenvalue weighted by molar-refractivity contribution is 0.949. The summed E-state index contributed by atoms with van der Waals surface area (Å²) in [6.07, 6.45) is 6.31. The molecule has 118 valence electrons. The van der Waals surface area contributed by atoms with Gasteiger partial charge < -0.3 is 20.9 Å². The van der Waals surface area contributed by atoms with Crippen molar-refractivity contribution < 1.29 is 0 Å². The van der Waals surface area contributed by atoms with E-state index in [-0.39, 0.29) is 5.95 Å². The fourth-order valence-corrected chi connectivity index (χ4v) is 3.08. The van der Waals surface area contributed by atoms with E-state index in [0.29, 0.717) is 0 Å². The molecule has 3 heterocycles. The number of hydrogen-bond acceptors (Lipinski definition) is 5. The molecule has 0 saturated carbocycles. The van der Waals surface area contributed by atoms with E-state index < -0.39 is 0 Å². The molecule has 4 N–H and O–H groups in total. The minimum absolute atomic E-state index is 0.288. The van der Waals surface area contributed by atoms with Gasteiger partial charge in [-0.2, -0.15) is 4.98 Å². The Balaban J connectivity index is 1.45. The SMILES string of the molecule is Nc1ncc2c(CNc3ccc(N4CCCC4)cc3)c[nH]c2n1. The van der Waals surface area contributed by atoms with Gasteiger partial charge in [0.2, 0.25) is 5.95 Å². The maximum absolute atomic E-state index is 5.60. The molecule has 6 nitrogen and oxygen atoms in total. The first kappa shape index (κ1) is 13.9. The molecule has 4 rings (SSSR count). The number of anilines is 3. The van der Waals surface area contributed by atoms with Crippen LogP contribution in [-0.4, -0.2) is 28.0 Å². The van der Waals surface area contributed by atoms with E-state index in [1.807, 2.05) is 6.20 Å². The summed E-state index contributed by atoms with van der Waals surface area (Å²) in [5.41, 5.74) is 9.93. The lowest BCUT2D eigenvalue weighted by Gasteiger charge is -2.18. The molecule has 2 aromatic heterocycles. The predicted molar refractivity (Wildman–Crippen MR) is 93.5 cm³/mol. The molecule has 0 unspecified atom stereocenters. The molecule has 1 aliphatic rings. The number of nitrogens with two attached hydrogens (primary N) is 1. The number of nitrogen functional groups attached to an aromatic ring is 1. The van der Waals surface area contributed by atoms with Crippen molar-refractivity contribution in [3.05, 3.63) is 42.2 Å². The van der Waals surface area contributed by atoms with Crippen molar-refractivity contribution >= 4 is 28.4 Å². The van der Waals surface area contributed by atoms with Crippen LogP contribution in [0.4, 0.5) is 17.3 Å². The van der Waals surface area contributed by atoms with Crippen molar-refractivity contribution in [2.24, 2.45) is 0 Å². The summed E-state index contributed by atoms with van der Waals surface area (Å²) in [5.74, 6) is 0.288. The predicted octanol–water partition coefficient (Wildman–Crippen LogP) is 2.75. The highest BCUT2D eigenvalue weighted by Gasteiger charge is 2.12. The number of nitrogens with one attached hydrogen (secondary N) is 2. The molecule has 0 aliphatic carbocycles. The normalized spacial score (nSPS) is 14.5. The van der Waals surface area contributed by atoms with Gasteiger partial charge in [0, 0.05) is 48.8 Å². The Morgan fingerprint density at radius 3 is 2.74 bits per heavy atom. The third-order valence-electron chi connectivity index (χ3n) is 4.36. The lowest BCUT2D eigenvalue weighted by Crippen LogP contribution is -2.17. The van der Waals surface area contributed by atoms with E-state index >= 15 is 0 Å². The van der Waals surface area contributed by atoms with Gasteiger partial charge in [-0.15, -0.1) is 0 Å². The van der Waals surface area contributed by atoms with Crippen LogP contribution < -0.4 is 16.0 Å². The largest absolute Gasteiger partial charge is 0.381 e. The van der Waals surface area contributed by atoms with Crippen molar-refractivity contribution in [2.75, 3.05) is 29.0 Å². The van der Waals surface area contributed by atoms with E-state index in [0.717, 1.165) is 28.8 Å². The van der Waals surface area contributed by atoms with Crippen LogP contribution >= 0.6 is 0 Å². The minimum atomic E-state index is 0.288.